The fraction of sp³-hybridized carbons (Fsp3) is 0.111. The van der Waals surface area contributed by atoms with Gasteiger partial charge in [-0.2, -0.15) is 0 Å². The average Bonchev–Trinajstić information content (AvgIpc) is 2.16. The zero-order valence-corrected chi connectivity index (χ0v) is 7.23. The molecular weight excluding hydrogens is 168 g/mol. The highest BCUT2D eigenvalue weighted by Gasteiger charge is 2.05. The summed E-state index contributed by atoms with van der Waals surface area (Å²) in [4.78, 5) is 22.4. The van der Waals surface area contributed by atoms with Crippen molar-refractivity contribution in [3.05, 3.63) is 29.8 Å². The largest absolute Gasteiger partial charge is 0.351 e. The lowest BCUT2D eigenvalue weighted by Gasteiger charge is -2.13. The van der Waals surface area contributed by atoms with Gasteiger partial charge >= 0.3 is 6.03 Å². The number of nitrogens with two attached hydrogens (primary N) is 1. The summed E-state index contributed by atoms with van der Waals surface area (Å²) in [5, 5.41) is 0. The summed E-state index contributed by atoms with van der Waals surface area (Å²) in [5.74, 6) is 0. The maximum Gasteiger partial charge on any atom is 0.318 e. The van der Waals surface area contributed by atoms with Gasteiger partial charge in [-0.1, -0.05) is 12.1 Å². The van der Waals surface area contributed by atoms with Gasteiger partial charge in [0, 0.05) is 18.3 Å². The molecule has 13 heavy (non-hydrogen) atoms. The van der Waals surface area contributed by atoms with E-state index in [2.05, 4.69) is 0 Å². The van der Waals surface area contributed by atoms with Crippen LogP contribution in [0.1, 0.15) is 10.4 Å². The minimum absolute atomic E-state index is 0.519. The smallest absolute Gasteiger partial charge is 0.318 e. The molecule has 0 saturated carbocycles. The highest BCUT2D eigenvalue weighted by Crippen LogP contribution is 2.12. The molecule has 0 aliphatic heterocycles. The molecule has 1 aromatic carbocycles. The number of anilines is 1. The molecule has 2 N–H and O–H groups in total. The zero-order valence-electron chi connectivity index (χ0n) is 7.23. The van der Waals surface area contributed by atoms with Crippen LogP contribution in [0, 0.1) is 0 Å². The predicted molar refractivity (Wildman–Crippen MR) is 49.8 cm³/mol. The first-order valence-corrected chi connectivity index (χ1v) is 3.73. The van der Waals surface area contributed by atoms with E-state index in [1.54, 1.807) is 31.3 Å². The summed E-state index contributed by atoms with van der Waals surface area (Å²) in [6, 6.07) is 6.10. The summed E-state index contributed by atoms with van der Waals surface area (Å²) in [5.41, 5.74) is 6.19. The van der Waals surface area contributed by atoms with Crippen LogP contribution in [0.15, 0.2) is 24.3 Å². The van der Waals surface area contributed by atoms with Crippen LogP contribution in [0.4, 0.5) is 10.5 Å². The quantitative estimate of drug-likeness (QED) is 0.687. The summed E-state index contributed by atoms with van der Waals surface area (Å²) >= 11 is 0. The van der Waals surface area contributed by atoms with Gasteiger partial charge in [-0.25, -0.2) is 4.79 Å². The van der Waals surface area contributed by atoms with Gasteiger partial charge in [0.2, 0.25) is 0 Å². The van der Waals surface area contributed by atoms with Crippen molar-refractivity contribution in [1.29, 1.82) is 0 Å². The first kappa shape index (κ1) is 9.25. The molecule has 4 nitrogen and oxygen atoms in total. The molecule has 1 rings (SSSR count). The molecule has 0 unspecified atom stereocenters. The Morgan fingerprint density at radius 2 is 2.23 bits per heavy atom. The number of carbonyl (C=O) groups is 2. The number of nitrogens with zero attached hydrogens (tertiary/aromatic N) is 1. The van der Waals surface area contributed by atoms with Crippen LogP contribution in [0.5, 0.6) is 0 Å². The van der Waals surface area contributed by atoms with Crippen molar-refractivity contribution in [1.82, 2.24) is 0 Å². The van der Waals surface area contributed by atoms with Crippen LogP contribution >= 0.6 is 0 Å². The van der Waals surface area contributed by atoms with Gasteiger partial charge in [-0.3, -0.25) is 9.69 Å². The van der Waals surface area contributed by atoms with Crippen LogP contribution in [-0.4, -0.2) is 19.4 Å². The maximum absolute atomic E-state index is 10.8. The van der Waals surface area contributed by atoms with Crippen molar-refractivity contribution < 1.29 is 9.59 Å². The summed E-state index contributed by atoms with van der Waals surface area (Å²) < 4.78 is 0. The SMILES string of the molecule is CN(C(N)=O)c1cccc(C=O)c1. The molecular formula is C9H10N2O2. The second kappa shape index (κ2) is 3.71. The third kappa shape index (κ3) is 2.05. The molecule has 0 atom stereocenters. The zero-order chi connectivity index (χ0) is 9.84. The molecule has 0 saturated heterocycles. The van der Waals surface area contributed by atoms with Crippen LogP contribution in [-0.2, 0) is 0 Å². The Morgan fingerprint density at radius 1 is 1.54 bits per heavy atom. The van der Waals surface area contributed by atoms with E-state index < -0.39 is 6.03 Å². The number of carbonyl (C=O) groups excluding carboxylic acids is 2. The lowest BCUT2D eigenvalue weighted by atomic mass is 10.2. The van der Waals surface area contributed by atoms with E-state index >= 15 is 0 Å². The Balaban J connectivity index is 3.01. The first-order chi connectivity index (χ1) is 6.15. The minimum Gasteiger partial charge on any atom is -0.351 e. The van der Waals surface area contributed by atoms with Crippen LogP contribution in [0.25, 0.3) is 0 Å². The number of urea groups is 1. The van der Waals surface area contributed by atoms with Crippen molar-refractivity contribution in [3.63, 3.8) is 0 Å². The number of rotatable bonds is 2. The van der Waals surface area contributed by atoms with Gasteiger partial charge in [0.1, 0.15) is 6.29 Å². The Labute approximate surface area is 75.9 Å². The van der Waals surface area contributed by atoms with E-state index in [0.717, 1.165) is 6.29 Å². The van der Waals surface area contributed by atoms with Crippen molar-refractivity contribution >= 4 is 18.0 Å². The average molecular weight is 178 g/mol. The number of hydrogen-bond donors (Lipinski definition) is 1. The highest BCUT2D eigenvalue weighted by atomic mass is 16.2. The third-order valence-electron chi connectivity index (χ3n) is 1.72. The number of amides is 2. The molecule has 0 aliphatic rings. The molecule has 0 aliphatic carbocycles. The number of primary amides is 1. The van der Waals surface area contributed by atoms with E-state index in [9.17, 15) is 9.59 Å². The van der Waals surface area contributed by atoms with Crippen LogP contribution < -0.4 is 10.6 Å². The first-order valence-electron chi connectivity index (χ1n) is 3.73. The van der Waals surface area contributed by atoms with Crippen molar-refractivity contribution in [3.8, 4) is 0 Å². The molecule has 68 valence electrons. The highest BCUT2D eigenvalue weighted by molar-refractivity contribution is 5.91. The molecule has 0 heterocycles. The summed E-state index contributed by atoms with van der Waals surface area (Å²) in [6.45, 7) is 0. The number of benzene rings is 1. The van der Waals surface area contributed by atoms with Crippen LogP contribution in [0.3, 0.4) is 0 Å². The predicted octanol–water partition coefficient (Wildman–Crippen LogP) is 1.01. The molecule has 0 spiro atoms. The van der Waals surface area contributed by atoms with Crippen molar-refractivity contribution in [2.75, 3.05) is 11.9 Å². The molecule has 4 heteroatoms. The Kier molecular flexibility index (Phi) is 2.64. The lowest BCUT2D eigenvalue weighted by Crippen LogP contribution is -2.31. The maximum atomic E-state index is 10.8. The Hall–Kier alpha value is -1.84. The monoisotopic (exact) mass is 178 g/mol. The van der Waals surface area contributed by atoms with E-state index in [1.165, 1.54) is 4.90 Å². The molecule has 0 aromatic heterocycles. The standard InChI is InChI=1S/C9H10N2O2/c1-11(9(10)13)8-4-2-3-7(5-8)6-12/h2-6H,1H3,(H2,10,13). The molecule has 0 bridgehead atoms. The minimum atomic E-state index is -0.553. The molecule has 2 amide bonds. The van der Waals surface area contributed by atoms with E-state index in [1.807, 2.05) is 0 Å². The van der Waals surface area contributed by atoms with Gasteiger partial charge in [0.05, 0.1) is 0 Å². The normalized spacial score (nSPS) is 9.31. The second-order valence-corrected chi connectivity index (χ2v) is 2.61. The van der Waals surface area contributed by atoms with Gasteiger partial charge in [-0.15, -0.1) is 0 Å². The fourth-order valence-electron chi connectivity index (χ4n) is 0.934. The Morgan fingerprint density at radius 3 is 2.77 bits per heavy atom. The van der Waals surface area contributed by atoms with Crippen LogP contribution in [0.2, 0.25) is 0 Å². The number of aldehydes is 1. The van der Waals surface area contributed by atoms with Crippen molar-refractivity contribution in [2.24, 2.45) is 5.73 Å². The topological polar surface area (TPSA) is 63.4 Å². The van der Waals surface area contributed by atoms with Gasteiger partial charge in [0.15, 0.2) is 0 Å². The number of hydrogen-bond acceptors (Lipinski definition) is 2. The molecule has 0 radical (unpaired) electrons. The van der Waals surface area contributed by atoms with E-state index in [-0.39, 0.29) is 0 Å². The third-order valence-corrected chi connectivity index (χ3v) is 1.72. The molecule has 0 fully saturated rings. The van der Waals surface area contributed by atoms with Gasteiger partial charge in [0.25, 0.3) is 0 Å². The molecule has 1 aromatic rings. The van der Waals surface area contributed by atoms with Gasteiger partial charge < -0.3 is 5.73 Å². The fourth-order valence-corrected chi connectivity index (χ4v) is 0.934. The van der Waals surface area contributed by atoms with E-state index in [4.69, 9.17) is 5.73 Å². The summed E-state index contributed by atoms with van der Waals surface area (Å²) in [6.07, 6.45) is 0.721. The Bertz CT molecular complexity index is 336. The lowest BCUT2D eigenvalue weighted by molar-refractivity contribution is 0.112. The van der Waals surface area contributed by atoms with Gasteiger partial charge in [-0.05, 0) is 12.1 Å². The second-order valence-electron chi connectivity index (χ2n) is 2.61. The van der Waals surface area contributed by atoms with E-state index in [0.29, 0.717) is 11.3 Å². The van der Waals surface area contributed by atoms with Crippen molar-refractivity contribution in [2.45, 2.75) is 0 Å². The summed E-state index contributed by atoms with van der Waals surface area (Å²) in [7, 11) is 1.55.